The van der Waals surface area contributed by atoms with E-state index in [1.807, 2.05) is 69.3 Å². The highest BCUT2D eigenvalue weighted by atomic mass is 16.5. The van der Waals surface area contributed by atoms with Crippen molar-refractivity contribution in [3.05, 3.63) is 60.2 Å². The van der Waals surface area contributed by atoms with Crippen molar-refractivity contribution < 1.29 is 19.4 Å². The number of carbonyl (C=O) groups is 1. The van der Waals surface area contributed by atoms with Gasteiger partial charge in [-0.25, -0.2) is 0 Å². The number of rotatable bonds is 10. The Morgan fingerprint density at radius 3 is 2.33 bits per heavy atom. The van der Waals surface area contributed by atoms with Gasteiger partial charge in [-0.15, -0.1) is 0 Å². The summed E-state index contributed by atoms with van der Waals surface area (Å²) in [6.45, 7) is 11.9. The van der Waals surface area contributed by atoms with Crippen molar-refractivity contribution in [3.8, 4) is 11.5 Å². The topological polar surface area (TPSA) is 74.3 Å². The van der Waals surface area contributed by atoms with E-state index in [0.29, 0.717) is 36.8 Å². The molecule has 1 amide bonds. The minimum atomic E-state index is -0.478. The van der Waals surface area contributed by atoms with Crippen LogP contribution >= 0.6 is 0 Å². The molecule has 1 fully saturated rings. The van der Waals surface area contributed by atoms with E-state index >= 15 is 0 Å². The summed E-state index contributed by atoms with van der Waals surface area (Å²) in [7, 11) is 0. The fourth-order valence-corrected chi connectivity index (χ4v) is 3.67. The van der Waals surface area contributed by atoms with Gasteiger partial charge in [-0.2, -0.15) is 0 Å². The van der Waals surface area contributed by atoms with Gasteiger partial charge in [0.1, 0.15) is 11.5 Å². The molecule has 33 heavy (non-hydrogen) atoms. The first-order valence-corrected chi connectivity index (χ1v) is 11.7. The summed E-state index contributed by atoms with van der Waals surface area (Å²) in [4.78, 5) is 17.3. The molecule has 0 radical (unpaired) electrons. The molecule has 0 aliphatic carbocycles. The second kappa shape index (κ2) is 12.1. The van der Waals surface area contributed by atoms with Gasteiger partial charge in [0.05, 0.1) is 23.9 Å². The molecule has 7 nitrogen and oxygen atoms in total. The molecule has 2 aromatic rings. The number of amides is 1. The van der Waals surface area contributed by atoms with Crippen LogP contribution in [0, 0.1) is 0 Å². The molecule has 1 saturated heterocycles. The minimum absolute atomic E-state index is 0.137. The third kappa shape index (κ3) is 8.78. The summed E-state index contributed by atoms with van der Waals surface area (Å²) in [5.74, 6) is 1.11. The predicted molar refractivity (Wildman–Crippen MR) is 130 cm³/mol. The molecule has 1 aliphatic heterocycles. The van der Waals surface area contributed by atoms with Crippen molar-refractivity contribution in [2.75, 3.05) is 52.4 Å². The highest BCUT2D eigenvalue weighted by Crippen LogP contribution is 2.24. The van der Waals surface area contributed by atoms with Crippen molar-refractivity contribution in [3.63, 3.8) is 0 Å². The van der Waals surface area contributed by atoms with Gasteiger partial charge in [-0.05, 0) is 45.0 Å². The standard InChI is InChI=1S/C26H37N3O4/c1-26(2,3)32-20-21(30)19-29-17-15-28(16-18-29)14-13-27-25(31)23-11-7-8-12-24(23)33-22-9-5-4-6-10-22/h4-12,21,30H,13-20H2,1-3H3,(H,27,31)/t21-/m0/s1. The van der Waals surface area contributed by atoms with Crippen molar-refractivity contribution in [1.82, 2.24) is 15.1 Å². The van der Waals surface area contributed by atoms with Crippen LogP contribution in [0.25, 0.3) is 0 Å². The van der Waals surface area contributed by atoms with E-state index in [-0.39, 0.29) is 11.5 Å². The second-order valence-corrected chi connectivity index (χ2v) is 9.39. The van der Waals surface area contributed by atoms with Crippen molar-refractivity contribution in [2.24, 2.45) is 0 Å². The number of hydrogen-bond acceptors (Lipinski definition) is 6. The molecule has 180 valence electrons. The Morgan fingerprint density at radius 2 is 1.64 bits per heavy atom. The number of ether oxygens (including phenoxy) is 2. The SMILES string of the molecule is CC(C)(C)OC[C@@H](O)CN1CCN(CCNC(=O)c2ccccc2Oc2ccccc2)CC1. The average Bonchev–Trinajstić information content (AvgIpc) is 2.79. The fourth-order valence-electron chi connectivity index (χ4n) is 3.67. The Hall–Kier alpha value is -2.45. The van der Waals surface area contributed by atoms with E-state index in [1.54, 1.807) is 6.07 Å². The molecule has 0 unspecified atom stereocenters. The number of benzene rings is 2. The third-order valence-corrected chi connectivity index (χ3v) is 5.46. The predicted octanol–water partition coefficient (Wildman–Crippen LogP) is 3.00. The van der Waals surface area contributed by atoms with Gasteiger partial charge in [-0.3, -0.25) is 14.6 Å². The Kier molecular flexibility index (Phi) is 9.26. The maximum Gasteiger partial charge on any atom is 0.255 e. The molecule has 2 N–H and O–H groups in total. The lowest BCUT2D eigenvalue weighted by Crippen LogP contribution is -2.50. The molecular formula is C26H37N3O4. The molecule has 1 atom stereocenters. The largest absolute Gasteiger partial charge is 0.457 e. The minimum Gasteiger partial charge on any atom is -0.457 e. The maximum atomic E-state index is 12.7. The van der Waals surface area contributed by atoms with Crippen LogP contribution < -0.4 is 10.1 Å². The van der Waals surface area contributed by atoms with E-state index in [1.165, 1.54) is 0 Å². The number of piperazine rings is 1. The van der Waals surface area contributed by atoms with E-state index in [0.717, 1.165) is 32.7 Å². The average molecular weight is 456 g/mol. The lowest BCUT2D eigenvalue weighted by Gasteiger charge is -2.35. The number of aliphatic hydroxyl groups is 1. The second-order valence-electron chi connectivity index (χ2n) is 9.39. The molecule has 0 saturated carbocycles. The van der Waals surface area contributed by atoms with Gasteiger partial charge in [-0.1, -0.05) is 30.3 Å². The van der Waals surface area contributed by atoms with Crippen LogP contribution in [-0.2, 0) is 4.74 Å². The van der Waals surface area contributed by atoms with Crippen LogP contribution in [0.2, 0.25) is 0 Å². The first-order valence-electron chi connectivity index (χ1n) is 11.7. The lowest BCUT2D eigenvalue weighted by molar-refractivity contribution is -0.0585. The molecule has 7 heteroatoms. The van der Waals surface area contributed by atoms with Crippen molar-refractivity contribution in [1.29, 1.82) is 0 Å². The number of aliphatic hydroxyl groups excluding tert-OH is 1. The summed E-state index contributed by atoms with van der Waals surface area (Å²) in [5, 5.41) is 13.2. The summed E-state index contributed by atoms with van der Waals surface area (Å²) >= 11 is 0. The number of nitrogens with one attached hydrogen (secondary N) is 1. The zero-order valence-corrected chi connectivity index (χ0v) is 20.0. The van der Waals surface area contributed by atoms with Crippen LogP contribution in [-0.4, -0.2) is 84.9 Å². The van der Waals surface area contributed by atoms with Gasteiger partial charge in [0.15, 0.2) is 0 Å². The summed E-state index contributed by atoms with van der Waals surface area (Å²) < 4.78 is 11.6. The smallest absolute Gasteiger partial charge is 0.255 e. The molecule has 1 aliphatic rings. The van der Waals surface area contributed by atoms with Crippen LogP contribution in [0.3, 0.4) is 0 Å². The monoisotopic (exact) mass is 455 g/mol. The molecule has 2 aromatic carbocycles. The van der Waals surface area contributed by atoms with Crippen LogP contribution in [0.4, 0.5) is 0 Å². The number of carbonyl (C=O) groups excluding carboxylic acids is 1. The van der Waals surface area contributed by atoms with E-state index in [4.69, 9.17) is 9.47 Å². The van der Waals surface area contributed by atoms with Crippen LogP contribution in [0.15, 0.2) is 54.6 Å². The Morgan fingerprint density at radius 1 is 1.00 bits per heavy atom. The molecule has 0 aromatic heterocycles. The highest BCUT2D eigenvalue weighted by Gasteiger charge is 2.21. The molecule has 1 heterocycles. The summed E-state index contributed by atoms with van der Waals surface area (Å²) in [6.07, 6.45) is -0.478. The lowest BCUT2D eigenvalue weighted by atomic mass is 10.2. The summed E-state index contributed by atoms with van der Waals surface area (Å²) in [6, 6.07) is 16.7. The van der Waals surface area contributed by atoms with E-state index < -0.39 is 6.10 Å². The molecule has 0 bridgehead atoms. The van der Waals surface area contributed by atoms with Gasteiger partial charge >= 0.3 is 0 Å². The zero-order valence-electron chi connectivity index (χ0n) is 20.0. The van der Waals surface area contributed by atoms with Crippen molar-refractivity contribution in [2.45, 2.75) is 32.5 Å². The molecule has 3 rings (SSSR count). The third-order valence-electron chi connectivity index (χ3n) is 5.46. The van der Waals surface area contributed by atoms with Gasteiger partial charge < -0.3 is 19.9 Å². The first-order chi connectivity index (χ1) is 15.8. The summed E-state index contributed by atoms with van der Waals surface area (Å²) in [5.41, 5.74) is 0.288. The number of nitrogens with zero attached hydrogens (tertiary/aromatic N) is 2. The number of β-amino-alcohol motifs (C(OH)–C–C–N with tert-alkyl or cyclic N) is 1. The van der Waals surface area contributed by atoms with Gasteiger partial charge in [0.25, 0.3) is 5.91 Å². The van der Waals surface area contributed by atoms with E-state index in [9.17, 15) is 9.90 Å². The normalized spacial score (nSPS) is 16.4. The molecular weight excluding hydrogens is 418 g/mol. The Labute approximate surface area is 197 Å². The zero-order chi connectivity index (χ0) is 23.7. The fraction of sp³-hybridized carbons (Fsp3) is 0.500. The van der Waals surface area contributed by atoms with Gasteiger partial charge in [0.2, 0.25) is 0 Å². The number of hydrogen-bond donors (Lipinski definition) is 2. The first kappa shape index (κ1) is 25.2. The van der Waals surface area contributed by atoms with Crippen LogP contribution in [0.5, 0.6) is 11.5 Å². The van der Waals surface area contributed by atoms with Crippen molar-refractivity contribution >= 4 is 5.91 Å². The van der Waals surface area contributed by atoms with Crippen LogP contribution in [0.1, 0.15) is 31.1 Å². The maximum absolute atomic E-state index is 12.7. The number of para-hydroxylation sites is 2. The molecule has 0 spiro atoms. The van der Waals surface area contributed by atoms with E-state index in [2.05, 4.69) is 15.1 Å². The quantitative estimate of drug-likeness (QED) is 0.574. The highest BCUT2D eigenvalue weighted by molar-refractivity contribution is 5.97. The Bertz CT molecular complexity index is 861. The van der Waals surface area contributed by atoms with Gasteiger partial charge in [0, 0.05) is 45.8 Å². The Balaban J connectivity index is 1.38.